The van der Waals surface area contributed by atoms with Crippen molar-refractivity contribution in [3.8, 4) is 0 Å². The number of ketones is 1. The number of rotatable bonds is 6. The molecule has 3 nitrogen and oxygen atoms in total. The Balaban J connectivity index is 1.62. The van der Waals surface area contributed by atoms with E-state index in [0.29, 0.717) is 13.0 Å². The van der Waals surface area contributed by atoms with Crippen LogP contribution in [0.25, 0.3) is 0 Å². The predicted molar refractivity (Wildman–Crippen MR) is 87.6 cm³/mol. The summed E-state index contributed by atoms with van der Waals surface area (Å²) < 4.78 is 0.722. The standard InChI is InChI=1S/C15H16N2OS2/c18-14(13-5-1-2-6-13)7-9-20-15(19)17-11-12-4-3-8-16-10-12/h1-5,8,10H,6-7,9,11H2,(H,17,19). The van der Waals surface area contributed by atoms with E-state index in [9.17, 15) is 4.79 Å². The van der Waals surface area contributed by atoms with E-state index in [2.05, 4.69) is 10.3 Å². The zero-order chi connectivity index (χ0) is 14.2. The molecule has 0 bridgehead atoms. The summed E-state index contributed by atoms with van der Waals surface area (Å²) in [7, 11) is 0. The highest BCUT2D eigenvalue weighted by atomic mass is 32.2. The van der Waals surface area contributed by atoms with Crippen LogP contribution in [0.3, 0.4) is 0 Å². The fourth-order valence-electron chi connectivity index (χ4n) is 1.78. The Morgan fingerprint density at radius 1 is 1.50 bits per heavy atom. The molecule has 0 spiro atoms. The van der Waals surface area contributed by atoms with Gasteiger partial charge in [0.15, 0.2) is 5.78 Å². The molecule has 1 N–H and O–H groups in total. The minimum absolute atomic E-state index is 0.220. The highest BCUT2D eigenvalue weighted by molar-refractivity contribution is 8.22. The Bertz CT molecular complexity index is 538. The minimum atomic E-state index is 0.220. The van der Waals surface area contributed by atoms with Crippen molar-refractivity contribution < 1.29 is 4.79 Å². The quantitative estimate of drug-likeness (QED) is 0.818. The van der Waals surface area contributed by atoms with Crippen LogP contribution in [-0.2, 0) is 11.3 Å². The molecule has 20 heavy (non-hydrogen) atoms. The lowest BCUT2D eigenvalue weighted by Gasteiger charge is -2.07. The molecule has 0 fully saturated rings. The van der Waals surface area contributed by atoms with Crippen LogP contribution in [0.4, 0.5) is 0 Å². The molecule has 1 aliphatic rings. The monoisotopic (exact) mass is 304 g/mol. The summed E-state index contributed by atoms with van der Waals surface area (Å²) in [5.74, 6) is 0.937. The average molecular weight is 304 g/mol. The Kier molecular flexibility index (Phi) is 5.95. The molecule has 2 rings (SSSR count). The van der Waals surface area contributed by atoms with Crippen molar-refractivity contribution in [2.24, 2.45) is 0 Å². The highest BCUT2D eigenvalue weighted by Gasteiger charge is 2.10. The molecule has 1 heterocycles. The van der Waals surface area contributed by atoms with Crippen molar-refractivity contribution in [2.75, 3.05) is 5.75 Å². The van der Waals surface area contributed by atoms with Crippen LogP contribution in [0.1, 0.15) is 18.4 Å². The van der Waals surface area contributed by atoms with Gasteiger partial charge in [0.05, 0.1) is 0 Å². The lowest BCUT2D eigenvalue weighted by Crippen LogP contribution is -2.18. The van der Waals surface area contributed by atoms with E-state index >= 15 is 0 Å². The summed E-state index contributed by atoms with van der Waals surface area (Å²) in [4.78, 5) is 15.9. The molecular formula is C15H16N2OS2. The van der Waals surface area contributed by atoms with Gasteiger partial charge in [-0.25, -0.2) is 0 Å². The normalized spacial score (nSPS) is 13.1. The van der Waals surface area contributed by atoms with E-state index < -0.39 is 0 Å². The third-order valence-corrected chi connectivity index (χ3v) is 4.16. The average Bonchev–Trinajstić information content (AvgIpc) is 3.00. The summed E-state index contributed by atoms with van der Waals surface area (Å²) in [6.45, 7) is 0.669. The van der Waals surface area contributed by atoms with E-state index in [1.807, 2.05) is 36.6 Å². The SMILES string of the molecule is O=C(CCSC(=S)NCc1cccnc1)C1=CC=CC1. The second kappa shape index (κ2) is 7.97. The van der Waals surface area contributed by atoms with Gasteiger partial charge in [0.2, 0.25) is 0 Å². The van der Waals surface area contributed by atoms with Gasteiger partial charge in [-0.05, 0) is 23.6 Å². The van der Waals surface area contributed by atoms with Gasteiger partial charge in [-0.1, -0.05) is 48.3 Å². The molecule has 0 atom stereocenters. The molecule has 1 aromatic rings. The van der Waals surface area contributed by atoms with E-state index in [4.69, 9.17) is 12.2 Å². The van der Waals surface area contributed by atoms with Gasteiger partial charge in [0, 0.05) is 31.1 Å². The number of Topliss-reactive ketones (excluding diaryl/α,β-unsaturated/α-hetero) is 1. The molecule has 1 aromatic heterocycles. The van der Waals surface area contributed by atoms with Crippen LogP contribution in [0.15, 0.2) is 48.3 Å². The Morgan fingerprint density at radius 2 is 2.40 bits per heavy atom. The van der Waals surface area contributed by atoms with Crippen molar-refractivity contribution in [2.45, 2.75) is 19.4 Å². The van der Waals surface area contributed by atoms with Crippen LogP contribution in [0.5, 0.6) is 0 Å². The number of carbonyl (C=O) groups excluding carboxylic acids is 1. The number of hydrogen-bond donors (Lipinski definition) is 1. The maximum atomic E-state index is 11.8. The number of thiocarbonyl (C=S) groups is 1. The first-order valence-electron chi connectivity index (χ1n) is 6.44. The molecule has 5 heteroatoms. The zero-order valence-electron chi connectivity index (χ0n) is 11.0. The van der Waals surface area contributed by atoms with E-state index in [1.54, 1.807) is 6.20 Å². The number of allylic oxidation sites excluding steroid dienone is 4. The lowest BCUT2D eigenvalue weighted by atomic mass is 10.1. The zero-order valence-corrected chi connectivity index (χ0v) is 12.7. The molecule has 0 aliphatic heterocycles. The summed E-state index contributed by atoms with van der Waals surface area (Å²) in [6, 6.07) is 3.89. The lowest BCUT2D eigenvalue weighted by molar-refractivity contribution is -0.115. The minimum Gasteiger partial charge on any atom is -0.367 e. The molecule has 0 unspecified atom stereocenters. The number of nitrogens with zero attached hydrogens (tertiary/aromatic N) is 1. The van der Waals surface area contributed by atoms with Crippen LogP contribution >= 0.6 is 24.0 Å². The summed E-state index contributed by atoms with van der Waals surface area (Å²) in [6.07, 6.45) is 10.7. The third-order valence-electron chi connectivity index (χ3n) is 2.85. The van der Waals surface area contributed by atoms with Gasteiger partial charge in [-0.15, -0.1) is 0 Å². The molecule has 0 radical (unpaired) electrons. The van der Waals surface area contributed by atoms with Crippen molar-refractivity contribution in [3.63, 3.8) is 0 Å². The smallest absolute Gasteiger partial charge is 0.160 e. The van der Waals surface area contributed by atoms with Gasteiger partial charge >= 0.3 is 0 Å². The molecule has 0 aromatic carbocycles. The van der Waals surface area contributed by atoms with Crippen molar-refractivity contribution in [3.05, 3.63) is 53.9 Å². The number of aromatic nitrogens is 1. The Morgan fingerprint density at radius 3 is 3.10 bits per heavy atom. The van der Waals surface area contributed by atoms with Crippen LogP contribution in [-0.4, -0.2) is 20.8 Å². The molecule has 104 valence electrons. The maximum Gasteiger partial charge on any atom is 0.160 e. The second-order valence-electron chi connectivity index (χ2n) is 4.35. The molecule has 0 saturated heterocycles. The van der Waals surface area contributed by atoms with E-state index in [0.717, 1.165) is 27.6 Å². The fourth-order valence-corrected chi connectivity index (χ4v) is 2.75. The summed E-state index contributed by atoms with van der Waals surface area (Å²) >= 11 is 6.75. The van der Waals surface area contributed by atoms with Crippen molar-refractivity contribution >= 4 is 34.1 Å². The number of pyridine rings is 1. The Labute approximate surface area is 128 Å². The topological polar surface area (TPSA) is 42.0 Å². The molecular weight excluding hydrogens is 288 g/mol. The largest absolute Gasteiger partial charge is 0.367 e. The predicted octanol–water partition coefficient (Wildman–Crippen LogP) is 3.03. The third kappa shape index (κ3) is 4.90. The summed E-state index contributed by atoms with van der Waals surface area (Å²) in [5.41, 5.74) is 1.99. The second-order valence-corrected chi connectivity index (χ2v) is 6.12. The van der Waals surface area contributed by atoms with Crippen LogP contribution in [0.2, 0.25) is 0 Å². The highest BCUT2D eigenvalue weighted by Crippen LogP contribution is 2.15. The summed E-state index contributed by atoms with van der Waals surface area (Å²) in [5, 5.41) is 3.16. The van der Waals surface area contributed by atoms with Gasteiger partial charge in [-0.2, -0.15) is 0 Å². The molecule has 0 amide bonds. The van der Waals surface area contributed by atoms with Gasteiger partial charge < -0.3 is 5.32 Å². The first-order valence-corrected chi connectivity index (χ1v) is 7.83. The number of nitrogens with one attached hydrogen (secondary N) is 1. The van der Waals surface area contributed by atoms with Gasteiger partial charge in [-0.3, -0.25) is 9.78 Å². The van der Waals surface area contributed by atoms with Crippen LogP contribution < -0.4 is 5.32 Å². The van der Waals surface area contributed by atoms with Crippen molar-refractivity contribution in [1.82, 2.24) is 10.3 Å². The number of hydrogen-bond acceptors (Lipinski definition) is 4. The maximum absolute atomic E-state index is 11.8. The van der Waals surface area contributed by atoms with E-state index in [1.165, 1.54) is 11.8 Å². The first kappa shape index (κ1) is 14.9. The van der Waals surface area contributed by atoms with Gasteiger partial charge in [0.1, 0.15) is 4.32 Å². The van der Waals surface area contributed by atoms with E-state index in [-0.39, 0.29) is 5.78 Å². The first-order chi connectivity index (χ1) is 9.75. The number of carbonyl (C=O) groups is 1. The van der Waals surface area contributed by atoms with Crippen molar-refractivity contribution in [1.29, 1.82) is 0 Å². The van der Waals surface area contributed by atoms with Gasteiger partial charge in [0.25, 0.3) is 0 Å². The van der Waals surface area contributed by atoms with Crippen LogP contribution in [0, 0.1) is 0 Å². The molecule has 0 saturated carbocycles. The Hall–Kier alpha value is -1.46. The number of thioether (sulfide) groups is 1. The molecule has 1 aliphatic carbocycles. The fraction of sp³-hybridized carbons (Fsp3) is 0.267.